The largest absolute Gasteiger partial charge is 0.505 e. The number of methoxy groups -OCH3 is 1. The molecule has 3 nitrogen and oxygen atoms in total. The molecule has 0 aliphatic carbocycles. The van der Waals surface area contributed by atoms with Crippen molar-refractivity contribution in [2.24, 2.45) is 0 Å². The summed E-state index contributed by atoms with van der Waals surface area (Å²) in [4.78, 5) is 0. The van der Waals surface area contributed by atoms with Gasteiger partial charge in [-0.3, -0.25) is 0 Å². The molecule has 2 aromatic rings. The average Bonchev–Trinajstić information content (AvgIpc) is 2.48. The Morgan fingerprint density at radius 1 is 1.20 bits per heavy atom. The number of hydrogen-bond acceptors (Lipinski definition) is 3. The molecular formula is C16H18FNO2. The van der Waals surface area contributed by atoms with Crippen LogP contribution in [0.25, 0.3) is 0 Å². The van der Waals surface area contributed by atoms with E-state index in [2.05, 4.69) is 5.32 Å². The van der Waals surface area contributed by atoms with Gasteiger partial charge >= 0.3 is 0 Å². The lowest BCUT2D eigenvalue weighted by atomic mass is 10.1. The Bertz CT molecular complexity index is 572. The van der Waals surface area contributed by atoms with Crippen LogP contribution in [0.15, 0.2) is 42.5 Å². The molecule has 0 bridgehead atoms. The Morgan fingerprint density at radius 2 is 2.00 bits per heavy atom. The van der Waals surface area contributed by atoms with Crippen LogP contribution in [0.5, 0.6) is 11.5 Å². The van der Waals surface area contributed by atoms with Crippen LogP contribution >= 0.6 is 0 Å². The van der Waals surface area contributed by atoms with Gasteiger partial charge < -0.3 is 15.2 Å². The highest BCUT2D eigenvalue weighted by atomic mass is 19.1. The third-order valence-electron chi connectivity index (χ3n) is 3.11. The van der Waals surface area contributed by atoms with Crippen molar-refractivity contribution in [3.8, 4) is 11.5 Å². The summed E-state index contributed by atoms with van der Waals surface area (Å²) in [5, 5.41) is 12.7. The van der Waals surface area contributed by atoms with E-state index in [-0.39, 0.29) is 5.75 Å². The maximum absolute atomic E-state index is 13.1. The highest BCUT2D eigenvalue weighted by Gasteiger charge is 2.05. The predicted molar refractivity (Wildman–Crippen MR) is 76.5 cm³/mol. The van der Waals surface area contributed by atoms with Gasteiger partial charge in [0.25, 0.3) is 0 Å². The van der Waals surface area contributed by atoms with Crippen LogP contribution in [0.1, 0.15) is 11.1 Å². The minimum Gasteiger partial charge on any atom is -0.505 e. The van der Waals surface area contributed by atoms with Crippen molar-refractivity contribution < 1.29 is 14.2 Å². The van der Waals surface area contributed by atoms with Crippen molar-refractivity contribution >= 4 is 0 Å². The average molecular weight is 275 g/mol. The Hall–Kier alpha value is -2.07. The topological polar surface area (TPSA) is 41.5 Å². The SMILES string of the molecule is COc1cccc(CCNCc2cccc(F)c2O)c1. The Morgan fingerprint density at radius 3 is 2.80 bits per heavy atom. The lowest BCUT2D eigenvalue weighted by molar-refractivity contribution is 0.414. The first-order valence-electron chi connectivity index (χ1n) is 6.50. The highest BCUT2D eigenvalue weighted by molar-refractivity contribution is 5.33. The van der Waals surface area contributed by atoms with Crippen molar-refractivity contribution in [3.63, 3.8) is 0 Å². The van der Waals surface area contributed by atoms with Crippen LogP contribution in [-0.2, 0) is 13.0 Å². The zero-order chi connectivity index (χ0) is 14.4. The summed E-state index contributed by atoms with van der Waals surface area (Å²) in [5.41, 5.74) is 1.73. The van der Waals surface area contributed by atoms with Gasteiger partial charge in [0.2, 0.25) is 0 Å². The number of aromatic hydroxyl groups is 1. The molecule has 2 rings (SSSR count). The van der Waals surface area contributed by atoms with Crippen molar-refractivity contribution in [2.45, 2.75) is 13.0 Å². The maximum atomic E-state index is 13.1. The molecule has 0 aliphatic heterocycles. The van der Waals surface area contributed by atoms with E-state index in [1.807, 2.05) is 24.3 Å². The molecule has 0 saturated heterocycles. The van der Waals surface area contributed by atoms with Gasteiger partial charge in [0.05, 0.1) is 7.11 Å². The van der Waals surface area contributed by atoms with E-state index in [9.17, 15) is 9.50 Å². The summed E-state index contributed by atoms with van der Waals surface area (Å²) < 4.78 is 18.3. The molecule has 2 aromatic carbocycles. The molecule has 0 atom stereocenters. The van der Waals surface area contributed by atoms with Crippen LogP contribution in [0.4, 0.5) is 4.39 Å². The number of ether oxygens (including phenoxy) is 1. The Labute approximate surface area is 118 Å². The second-order valence-corrected chi connectivity index (χ2v) is 4.53. The Kier molecular flexibility index (Phi) is 4.96. The van der Waals surface area contributed by atoms with E-state index in [0.29, 0.717) is 12.1 Å². The van der Waals surface area contributed by atoms with E-state index in [0.717, 1.165) is 18.7 Å². The molecule has 2 N–H and O–H groups in total. The zero-order valence-electron chi connectivity index (χ0n) is 11.4. The molecule has 0 spiro atoms. The predicted octanol–water partition coefficient (Wildman–Crippen LogP) is 2.87. The summed E-state index contributed by atoms with van der Waals surface area (Å²) in [5.74, 6) is -0.0243. The molecule has 4 heteroatoms. The Balaban J connectivity index is 1.83. The van der Waals surface area contributed by atoms with Crippen LogP contribution < -0.4 is 10.1 Å². The zero-order valence-corrected chi connectivity index (χ0v) is 11.4. The fourth-order valence-electron chi connectivity index (χ4n) is 1.99. The van der Waals surface area contributed by atoms with Gasteiger partial charge in [-0.25, -0.2) is 4.39 Å². The van der Waals surface area contributed by atoms with E-state index in [1.165, 1.54) is 11.6 Å². The second-order valence-electron chi connectivity index (χ2n) is 4.53. The molecule has 0 amide bonds. The van der Waals surface area contributed by atoms with Gasteiger partial charge in [-0.2, -0.15) is 0 Å². The molecule has 106 valence electrons. The molecule has 0 fully saturated rings. The van der Waals surface area contributed by atoms with E-state index >= 15 is 0 Å². The number of hydrogen-bond donors (Lipinski definition) is 2. The number of nitrogens with one attached hydrogen (secondary N) is 1. The summed E-state index contributed by atoms with van der Waals surface area (Å²) >= 11 is 0. The third-order valence-corrected chi connectivity index (χ3v) is 3.11. The van der Waals surface area contributed by atoms with Crippen molar-refractivity contribution in [1.82, 2.24) is 5.32 Å². The smallest absolute Gasteiger partial charge is 0.165 e. The minimum absolute atomic E-state index is 0.276. The molecular weight excluding hydrogens is 257 g/mol. The normalized spacial score (nSPS) is 10.5. The van der Waals surface area contributed by atoms with Crippen LogP contribution in [0, 0.1) is 5.82 Å². The lowest BCUT2D eigenvalue weighted by Gasteiger charge is -2.08. The number of halogens is 1. The number of phenolic OH excluding ortho intramolecular Hbond substituents is 1. The first kappa shape index (κ1) is 14.3. The highest BCUT2D eigenvalue weighted by Crippen LogP contribution is 2.20. The number of para-hydroxylation sites is 1. The van der Waals surface area contributed by atoms with Gasteiger partial charge in [0, 0.05) is 12.1 Å². The van der Waals surface area contributed by atoms with Gasteiger partial charge in [0.1, 0.15) is 5.75 Å². The van der Waals surface area contributed by atoms with Crippen molar-refractivity contribution in [1.29, 1.82) is 0 Å². The summed E-state index contributed by atoms with van der Waals surface area (Å²) in [6, 6.07) is 12.4. The maximum Gasteiger partial charge on any atom is 0.165 e. The molecule has 0 heterocycles. The summed E-state index contributed by atoms with van der Waals surface area (Å²) in [6.07, 6.45) is 0.841. The van der Waals surface area contributed by atoms with Gasteiger partial charge in [0.15, 0.2) is 11.6 Å². The first-order chi connectivity index (χ1) is 9.70. The number of phenols is 1. The molecule has 0 aromatic heterocycles. The molecule has 0 unspecified atom stereocenters. The number of benzene rings is 2. The van der Waals surface area contributed by atoms with Gasteiger partial charge in [-0.15, -0.1) is 0 Å². The fourth-order valence-corrected chi connectivity index (χ4v) is 1.99. The van der Waals surface area contributed by atoms with Gasteiger partial charge in [-0.1, -0.05) is 24.3 Å². The van der Waals surface area contributed by atoms with Crippen LogP contribution in [0.2, 0.25) is 0 Å². The van der Waals surface area contributed by atoms with Crippen molar-refractivity contribution in [3.05, 3.63) is 59.4 Å². The fraction of sp³-hybridized carbons (Fsp3) is 0.250. The number of rotatable bonds is 6. The quantitative estimate of drug-likeness (QED) is 0.797. The third kappa shape index (κ3) is 3.71. The molecule has 20 heavy (non-hydrogen) atoms. The molecule has 0 saturated carbocycles. The van der Waals surface area contributed by atoms with Gasteiger partial charge in [-0.05, 0) is 36.7 Å². The molecule has 0 aliphatic rings. The minimum atomic E-state index is -0.586. The van der Waals surface area contributed by atoms with Crippen molar-refractivity contribution in [2.75, 3.05) is 13.7 Å². The van der Waals surface area contributed by atoms with Crippen LogP contribution in [-0.4, -0.2) is 18.8 Å². The summed E-state index contributed by atoms with van der Waals surface area (Å²) in [6.45, 7) is 1.18. The second kappa shape index (κ2) is 6.91. The lowest BCUT2D eigenvalue weighted by Crippen LogP contribution is -2.16. The monoisotopic (exact) mass is 275 g/mol. The van der Waals surface area contributed by atoms with E-state index in [1.54, 1.807) is 19.2 Å². The van der Waals surface area contributed by atoms with E-state index in [4.69, 9.17) is 4.74 Å². The van der Waals surface area contributed by atoms with E-state index < -0.39 is 5.82 Å². The first-order valence-corrected chi connectivity index (χ1v) is 6.50. The summed E-state index contributed by atoms with van der Waals surface area (Å²) in [7, 11) is 1.64. The standard InChI is InChI=1S/C16H18FNO2/c1-20-14-6-2-4-12(10-14)8-9-18-11-13-5-3-7-15(17)16(13)19/h2-7,10,18-19H,8-9,11H2,1H3. The molecule has 0 radical (unpaired) electrons. The van der Waals surface area contributed by atoms with Crippen LogP contribution in [0.3, 0.4) is 0 Å².